The van der Waals surface area contributed by atoms with Gasteiger partial charge in [-0.3, -0.25) is 9.59 Å². The molecule has 5 rings (SSSR count). The molecule has 1 saturated heterocycles. The number of benzene rings is 2. The molecule has 1 fully saturated rings. The fourth-order valence-corrected chi connectivity index (χ4v) is 6.56. The van der Waals surface area contributed by atoms with Crippen molar-refractivity contribution in [2.75, 3.05) is 29.9 Å². The number of aromatic nitrogens is 3. The normalized spacial score (nSPS) is 14.5. The van der Waals surface area contributed by atoms with Gasteiger partial charge in [-0.05, 0) is 86.6 Å². The SMILES string of the molecule is CC(C)(C)N(OC(=O)CCNC(=O)c1ccc(N2CCC(Nc3nc4ncccc4[nH]3)CC2)cc1)S(=O)(=O)c1ccccc1. The molecule has 3 N–H and O–H groups in total. The van der Waals surface area contributed by atoms with Crippen molar-refractivity contribution in [1.29, 1.82) is 0 Å². The number of fused-ring (bicyclic) bond motifs is 1. The number of pyridine rings is 1. The third-order valence-electron chi connectivity index (χ3n) is 7.19. The van der Waals surface area contributed by atoms with Gasteiger partial charge in [-0.2, -0.15) is 4.98 Å². The Bertz CT molecular complexity index is 1660. The van der Waals surface area contributed by atoms with Crippen molar-refractivity contribution in [2.24, 2.45) is 0 Å². The summed E-state index contributed by atoms with van der Waals surface area (Å²) in [6.07, 6.45) is 3.39. The first-order valence-electron chi connectivity index (χ1n) is 14.5. The minimum atomic E-state index is -4.09. The number of carbonyl (C=O) groups excluding carboxylic acids is 2. The van der Waals surface area contributed by atoms with E-state index >= 15 is 0 Å². The van der Waals surface area contributed by atoms with Crippen molar-refractivity contribution >= 4 is 44.7 Å². The lowest BCUT2D eigenvalue weighted by atomic mass is 10.0. The first-order chi connectivity index (χ1) is 21.0. The maximum absolute atomic E-state index is 13.1. The van der Waals surface area contributed by atoms with Crippen molar-refractivity contribution in [3.8, 4) is 0 Å². The van der Waals surface area contributed by atoms with Crippen LogP contribution in [0.2, 0.25) is 0 Å². The monoisotopic (exact) mass is 619 g/mol. The number of nitrogens with zero attached hydrogens (tertiary/aromatic N) is 4. The van der Waals surface area contributed by atoms with Crippen LogP contribution in [-0.2, 0) is 19.7 Å². The number of anilines is 2. The zero-order valence-electron chi connectivity index (χ0n) is 25.0. The van der Waals surface area contributed by atoms with Crippen LogP contribution in [0.25, 0.3) is 11.2 Å². The molecule has 0 atom stereocenters. The summed E-state index contributed by atoms with van der Waals surface area (Å²) >= 11 is 0. The molecule has 232 valence electrons. The molecule has 0 aliphatic carbocycles. The zero-order chi connectivity index (χ0) is 31.3. The van der Waals surface area contributed by atoms with E-state index in [1.165, 1.54) is 12.1 Å². The van der Waals surface area contributed by atoms with Gasteiger partial charge in [0.2, 0.25) is 5.95 Å². The van der Waals surface area contributed by atoms with Crippen LogP contribution in [-0.4, -0.2) is 70.9 Å². The quantitative estimate of drug-likeness (QED) is 0.223. The number of imidazole rings is 1. The topological polar surface area (TPSA) is 150 Å². The molecular weight excluding hydrogens is 582 g/mol. The van der Waals surface area contributed by atoms with E-state index in [-0.39, 0.29) is 29.8 Å². The number of hydroxylamine groups is 1. The van der Waals surface area contributed by atoms with Crippen LogP contribution in [0, 0.1) is 0 Å². The summed E-state index contributed by atoms with van der Waals surface area (Å²) in [7, 11) is -4.09. The fraction of sp³-hybridized carbons (Fsp3) is 0.355. The highest BCUT2D eigenvalue weighted by Gasteiger charge is 2.38. The fourth-order valence-electron chi connectivity index (χ4n) is 4.97. The highest BCUT2D eigenvalue weighted by atomic mass is 32.2. The maximum Gasteiger partial charge on any atom is 0.328 e. The Kier molecular flexibility index (Phi) is 9.16. The molecule has 1 aliphatic heterocycles. The number of nitrogens with one attached hydrogen (secondary N) is 3. The Morgan fingerprint density at radius 1 is 1.02 bits per heavy atom. The molecule has 0 saturated carbocycles. The Balaban J connectivity index is 1.08. The average molecular weight is 620 g/mol. The summed E-state index contributed by atoms with van der Waals surface area (Å²) in [5.41, 5.74) is 2.06. The second-order valence-electron chi connectivity index (χ2n) is 11.6. The van der Waals surface area contributed by atoms with Gasteiger partial charge in [0, 0.05) is 43.1 Å². The first-order valence-corrected chi connectivity index (χ1v) is 16.0. The number of amides is 1. The molecule has 12 nitrogen and oxygen atoms in total. The molecule has 44 heavy (non-hydrogen) atoms. The molecule has 0 unspecified atom stereocenters. The molecule has 0 spiro atoms. The lowest BCUT2D eigenvalue weighted by Crippen LogP contribution is -2.46. The number of carbonyl (C=O) groups is 2. The molecule has 2 aromatic carbocycles. The van der Waals surface area contributed by atoms with Crippen LogP contribution in [0.4, 0.5) is 11.6 Å². The molecule has 0 radical (unpaired) electrons. The maximum atomic E-state index is 13.1. The third kappa shape index (κ3) is 7.34. The van der Waals surface area contributed by atoms with Gasteiger partial charge in [0.05, 0.1) is 22.4 Å². The molecule has 3 heterocycles. The van der Waals surface area contributed by atoms with Crippen molar-refractivity contribution in [3.05, 3.63) is 78.5 Å². The number of sulfonamides is 1. The van der Waals surface area contributed by atoms with E-state index in [1.54, 1.807) is 57.3 Å². The van der Waals surface area contributed by atoms with Crippen LogP contribution in [0.15, 0.2) is 77.8 Å². The van der Waals surface area contributed by atoms with E-state index in [1.807, 2.05) is 24.3 Å². The predicted molar refractivity (Wildman–Crippen MR) is 167 cm³/mol. The predicted octanol–water partition coefficient (Wildman–Crippen LogP) is 4.11. The molecule has 0 bridgehead atoms. The van der Waals surface area contributed by atoms with Gasteiger partial charge in [0.25, 0.3) is 15.9 Å². The Labute approximate surface area is 256 Å². The molecule has 2 aromatic heterocycles. The largest absolute Gasteiger partial charge is 0.371 e. The summed E-state index contributed by atoms with van der Waals surface area (Å²) in [4.78, 5) is 44.9. The van der Waals surface area contributed by atoms with Gasteiger partial charge in [-0.25, -0.2) is 13.4 Å². The highest BCUT2D eigenvalue weighted by Crippen LogP contribution is 2.26. The minimum absolute atomic E-state index is 0.00933. The van der Waals surface area contributed by atoms with Crippen molar-refractivity contribution in [2.45, 2.75) is 56.5 Å². The van der Waals surface area contributed by atoms with Gasteiger partial charge in [0.1, 0.15) is 0 Å². The van der Waals surface area contributed by atoms with Gasteiger partial charge in [-0.1, -0.05) is 18.2 Å². The summed E-state index contributed by atoms with van der Waals surface area (Å²) in [5, 5.41) is 6.18. The lowest BCUT2D eigenvalue weighted by Gasteiger charge is -2.34. The van der Waals surface area contributed by atoms with Gasteiger partial charge in [-0.15, -0.1) is 0 Å². The summed E-state index contributed by atoms with van der Waals surface area (Å²) in [6, 6.07) is 19.2. The van der Waals surface area contributed by atoms with Crippen LogP contribution >= 0.6 is 0 Å². The van der Waals surface area contributed by atoms with Crippen molar-refractivity contribution < 1.29 is 22.8 Å². The van der Waals surface area contributed by atoms with E-state index in [9.17, 15) is 18.0 Å². The van der Waals surface area contributed by atoms with Crippen LogP contribution < -0.4 is 15.5 Å². The first kappa shape index (κ1) is 31.0. The van der Waals surface area contributed by atoms with Crippen LogP contribution in [0.3, 0.4) is 0 Å². The number of hydrogen-bond acceptors (Lipinski definition) is 9. The smallest absolute Gasteiger partial charge is 0.328 e. The zero-order valence-corrected chi connectivity index (χ0v) is 25.8. The van der Waals surface area contributed by atoms with E-state index in [0.717, 1.165) is 43.1 Å². The van der Waals surface area contributed by atoms with E-state index in [2.05, 4.69) is 30.5 Å². The Hall–Kier alpha value is -4.49. The van der Waals surface area contributed by atoms with Crippen molar-refractivity contribution in [1.82, 2.24) is 24.7 Å². The van der Waals surface area contributed by atoms with Gasteiger partial charge < -0.3 is 25.4 Å². The molecule has 1 amide bonds. The summed E-state index contributed by atoms with van der Waals surface area (Å²) in [5.74, 6) is -0.383. The second kappa shape index (κ2) is 13.0. The molecule has 1 aliphatic rings. The molecular formula is C31H37N7O5S. The van der Waals surface area contributed by atoms with Gasteiger partial charge in [0.15, 0.2) is 5.65 Å². The lowest BCUT2D eigenvalue weighted by molar-refractivity contribution is -0.182. The minimum Gasteiger partial charge on any atom is -0.371 e. The van der Waals surface area contributed by atoms with E-state index < -0.39 is 21.5 Å². The second-order valence-corrected chi connectivity index (χ2v) is 13.4. The summed E-state index contributed by atoms with van der Waals surface area (Å²) < 4.78 is 26.9. The Morgan fingerprint density at radius 2 is 1.73 bits per heavy atom. The molecule has 13 heteroatoms. The van der Waals surface area contributed by atoms with E-state index in [4.69, 9.17) is 4.84 Å². The van der Waals surface area contributed by atoms with Crippen molar-refractivity contribution in [3.63, 3.8) is 0 Å². The molecule has 4 aromatic rings. The average Bonchev–Trinajstić information content (AvgIpc) is 3.42. The number of hydrogen-bond donors (Lipinski definition) is 3. The van der Waals surface area contributed by atoms with Crippen LogP contribution in [0.1, 0.15) is 50.4 Å². The van der Waals surface area contributed by atoms with E-state index in [0.29, 0.717) is 15.7 Å². The number of aromatic amines is 1. The highest BCUT2D eigenvalue weighted by molar-refractivity contribution is 7.89. The standard InChI is InChI=1S/C31H37N7O5S/c1-31(2,3)38(44(41,42)25-8-5-4-6-9-25)43-27(39)15-19-33-29(40)22-11-13-24(14-12-22)37-20-16-23(17-21-37)34-30-35-26-10-7-18-32-28(26)36-30/h4-14,18,23H,15-17,19-21H2,1-3H3,(H,33,40)(H2,32,34,35,36). The van der Waals surface area contributed by atoms with Gasteiger partial charge >= 0.3 is 5.97 Å². The Morgan fingerprint density at radius 3 is 2.39 bits per heavy atom. The van der Waals surface area contributed by atoms with Crippen LogP contribution in [0.5, 0.6) is 0 Å². The number of piperidine rings is 1. The third-order valence-corrected chi connectivity index (χ3v) is 9.12. The number of rotatable bonds is 10. The summed E-state index contributed by atoms with van der Waals surface area (Å²) in [6.45, 7) is 6.60. The number of H-pyrrole nitrogens is 1.